The lowest BCUT2D eigenvalue weighted by Gasteiger charge is -2.18. The molecular weight excluding hydrogens is 316 g/mol. The van der Waals surface area contributed by atoms with Gasteiger partial charge in [0.15, 0.2) is 16.6 Å². The first kappa shape index (κ1) is 15.8. The Balaban J connectivity index is 1.78. The number of phenolic OH excluding ortho intramolecular Hbond substituents is 1. The van der Waals surface area contributed by atoms with Crippen LogP contribution in [0.4, 0.5) is 0 Å². The van der Waals surface area contributed by atoms with E-state index in [1.807, 2.05) is 0 Å². The van der Waals surface area contributed by atoms with E-state index in [1.165, 1.54) is 18.1 Å². The zero-order valence-electron chi connectivity index (χ0n) is 12.7. The van der Waals surface area contributed by atoms with E-state index in [0.717, 1.165) is 25.0 Å². The maximum absolute atomic E-state index is 12.5. The zero-order valence-corrected chi connectivity index (χ0v) is 13.6. The van der Waals surface area contributed by atoms with Gasteiger partial charge in [-0.3, -0.25) is 9.69 Å². The molecule has 1 atom stereocenters. The predicted octanol–water partition coefficient (Wildman–Crippen LogP) is 1.64. The maximum atomic E-state index is 12.5. The van der Waals surface area contributed by atoms with Crippen LogP contribution in [0.5, 0.6) is 11.5 Å². The van der Waals surface area contributed by atoms with Crippen molar-refractivity contribution in [3.63, 3.8) is 0 Å². The number of benzene rings is 1. The lowest BCUT2D eigenvalue weighted by Crippen LogP contribution is -2.37. The van der Waals surface area contributed by atoms with Crippen LogP contribution in [0.15, 0.2) is 23.9 Å². The maximum Gasteiger partial charge on any atom is 0.276 e. The van der Waals surface area contributed by atoms with Crippen molar-refractivity contribution in [1.82, 2.24) is 10.2 Å². The Morgan fingerprint density at radius 1 is 1.57 bits per heavy atom. The topological polar surface area (TPSA) is 71.0 Å². The lowest BCUT2D eigenvalue weighted by atomic mass is 10.1. The summed E-state index contributed by atoms with van der Waals surface area (Å²) in [6.07, 6.45) is 3.70. The first-order valence-corrected chi connectivity index (χ1v) is 7.82. The fourth-order valence-corrected chi connectivity index (χ4v) is 2.95. The molecule has 6 nitrogen and oxygen atoms in total. The van der Waals surface area contributed by atoms with Crippen molar-refractivity contribution in [1.29, 1.82) is 0 Å². The van der Waals surface area contributed by atoms with E-state index in [-0.39, 0.29) is 17.8 Å². The summed E-state index contributed by atoms with van der Waals surface area (Å²) in [6, 6.07) is 4.88. The summed E-state index contributed by atoms with van der Waals surface area (Å²) >= 11 is 5.25. The number of hydrogen-bond acceptors (Lipinski definition) is 5. The van der Waals surface area contributed by atoms with E-state index >= 15 is 0 Å². The van der Waals surface area contributed by atoms with Crippen LogP contribution in [0.3, 0.4) is 0 Å². The van der Waals surface area contributed by atoms with Crippen LogP contribution < -0.4 is 10.1 Å². The summed E-state index contributed by atoms with van der Waals surface area (Å²) in [4.78, 5) is 14.0. The van der Waals surface area contributed by atoms with Crippen molar-refractivity contribution >= 4 is 29.3 Å². The number of amides is 1. The van der Waals surface area contributed by atoms with Crippen LogP contribution in [0.1, 0.15) is 18.4 Å². The van der Waals surface area contributed by atoms with Crippen LogP contribution in [-0.4, -0.2) is 47.4 Å². The molecule has 2 N–H and O–H groups in total. The second-order valence-corrected chi connectivity index (χ2v) is 5.86. The summed E-state index contributed by atoms with van der Waals surface area (Å²) in [6.45, 7) is 1.21. The standard InChI is InChI=1S/C16H18N2O4S/c1-21-14-8-10(4-5-13(14)19)7-12-15(20)18(16(23)17-12)9-11-3-2-6-22-11/h4-5,7-8,11,19H,2-3,6,9H2,1H3,(H,17,23)/b12-7+. The van der Waals surface area contributed by atoms with Gasteiger partial charge in [-0.15, -0.1) is 0 Å². The number of thiocarbonyl (C=S) groups is 1. The van der Waals surface area contributed by atoms with Gasteiger partial charge in [0.05, 0.1) is 19.8 Å². The molecule has 1 unspecified atom stereocenters. The Labute approximate surface area is 139 Å². The highest BCUT2D eigenvalue weighted by Crippen LogP contribution is 2.27. The van der Waals surface area contributed by atoms with Gasteiger partial charge < -0.3 is 19.9 Å². The first-order chi connectivity index (χ1) is 11.1. The first-order valence-electron chi connectivity index (χ1n) is 7.41. The second-order valence-electron chi connectivity index (χ2n) is 5.47. The van der Waals surface area contributed by atoms with Crippen molar-refractivity contribution in [3.8, 4) is 11.5 Å². The Bertz CT molecular complexity index is 668. The van der Waals surface area contributed by atoms with E-state index in [9.17, 15) is 9.90 Å². The number of rotatable bonds is 4. The minimum atomic E-state index is -0.169. The van der Waals surface area contributed by atoms with Gasteiger partial charge >= 0.3 is 0 Å². The molecule has 2 fully saturated rings. The summed E-state index contributed by atoms with van der Waals surface area (Å²) in [5, 5.41) is 12.9. The molecule has 0 bridgehead atoms. The number of aromatic hydroxyl groups is 1. The number of nitrogens with zero attached hydrogens (tertiary/aromatic N) is 1. The smallest absolute Gasteiger partial charge is 0.276 e. The molecule has 3 rings (SSSR count). The molecule has 2 heterocycles. The van der Waals surface area contributed by atoms with Crippen LogP contribution in [-0.2, 0) is 9.53 Å². The van der Waals surface area contributed by atoms with E-state index in [0.29, 0.717) is 23.1 Å². The Morgan fingerprint density at radius 2 is 2.39 bits per heavy atom. The minimum Gasteiger partial charge on any atom is -0.504 e. The molecule has 0 aliphatic carbocycles. The normalized spacial score (nSPS) is 22.7. The van der Waals surface area contributed by atoms with Gasteiger partial charge in [0.2, 0.25) is 0 Å². The van der Waals surface area contributed by atoms with Gasteiger partial charge in [-0.05, 0) is 48.8 Å². The average Bonchev–Trinajstić information content (AvgIpc) is 3.14. The largest absolute Gasteiger partial charge is 0.504 e. The number of carbonyl (C=O) groups excluding carboxylic acids is 1. The molecule has 0 saturated carbocycles. The third-order valence-corrected chi connectivity index (χ3v) is 4.21. The van der Waals surface area contributed by atoms with E-state index < -0.39 is 0 Å². The van der Waals surface area contributed by atoms with Crippen LogP contribution in [0, 0.1) is 0 Å². The molecule has 1 amide bonds. The summed E-state index contributed by atoms with van der Waals surface area (Å²) in [7, 11) is 1.48. The number of hydrogen-bond donors (Lipinski definition) is 2. The van der Waals surface area contributed by atoms with Crippen LogP contribution in [0.25, 0.3) is 6.08 Å². The van der Waals surface area contributed by atoms with Gasteiger partial charge in [-0.1, -0.05) is 6.07 Å². The monoisotopic (exact) mass is 334 g/mol. The third-order valence-electron chi connectivity index (χ3n) is 3.89. The molecule has 0 aromatic heterocycles. The molecule has 1 aromatic carbocycles. The van der Waals surface area contributed by atoms with Gasteiger partial charge in [0, 0.05) is 6.61 Å². The number of methoxy groups -OCH3 is 1. The lowest BCUT2D eigenvalue weighted by molar-refractivity contribution is -0.123. The SMILES string of the molecule is COc1cc(/C=C2/NC(=S)N(CC3CCCO3)C2=O)ccc1O. The van der Waals surface area contributed by atoms with Crippen molar-refractivity contribution in [2.75, 3.05) is 20.3 Å². The number of carbonyl (C=O) groups is 1. The van der Waals surface area contributed by atoms with E-state index in [4.69, 9.17) is 21.7 Å². The fourth-order valence-electron chi connectivity index (χ4n) is 2.68. The molecule has 0 spiro atoms. The number of phenols is 1. The molecule has 2 aliphatic heterocycles. The summed E-state index contributed by atoms with van der Waals surface area (Å²) in [5.41, 5.74) is 1.14. The zero-order chi connectivity index (χ0) is 16.4. The highest BCUT2D eigenvalue weighted by Gasteiger charge is 2.33. The molecular formula is C16H18N2O4S. The van der Waals surface area contributed by atoms with Crippen molar-refractivity contribution in [2.24, 2.45) is 0 Å². The molecule has 1 aromatic rings. The average molecular weight is 334 g/mol. The summed E-state index contributed by atoms with van der Waals surface area (Å²) < 4.78 is 10.6. The molecule has 7 heteroatoms. The molecule has 23 heavy (non-hydrogen) atoms. The quantitative estimate of drug-likeness (QED) is 0.644. The number of nitrogens with one attached hydrogen (secondary N) is 1. The van der Waals surface area contributed by atoms with Gasteiger partial charge in [-0.25, -0.2) is 0 Å². The van der Waals surface area contributed by atoms with Gasteiger partial charge in [-0.2, -0.15) is 0 Å². The van der Waals surface area contributed by atoms with Crippen molar-refractivity contribution in [2.45, 2.75) is 18.9 Å². The van der Waals surface area contributed by atoms with Crippen LogP contribution >= 0.6 is 12.2 Å². The van der Waals surface area contributed by atoms with E-state index in [2.05, 4.69) is 5.32 Å². The highest BCUT2D eigenvalue weighted by atomic mass is 32.1. The number of ether oxygens (including phenoxy) is 2. The summed E-state index contributed by atoms with van der Waals surface area (Å²) in [5.74, 6) is 0.233. The Hall–Kier alpha value is -2.12. The van der Waals surface area contributed by atoms with Gasteiger partial charge in [0.1, 0.15) is 5.70 Å². The molecule has 0 radical (unpaired) electrons. The van der Waals surface area contributed by atoms with Crippen molar-refractivity contribution in [3.05, 3.63) is 29.5 Å². The van der Waals surface area contributed by atoms with E-state index in [1.54, 1.807) is 18.2 Å². The minimum absolute atomic E-state index is 0.0480. The van der Waals surface area contributed by atoms with Crippen molar-refractivity contribution < 1.29 is 19.4 Å². The molecule has 2 saturated heterocycles. The Morgan fingerprint density at radius 3 is 3.09 bits per heavy atom. The molecule has 2 aliphatic rings. The Kier molecular flexibility index (Phi) is 4.49. The molecule has 122 valence electrons. The highest BCUT2D eigenvalue weighted by molar-refractivity contribution is 7.80. The fraction of sp³-hybridized carbons (Fsp3) is 0.375. The van der Waals surface area contributed by atoms with Crippen LogP contribution in [0.2, 0.25) is 0 Å². The third kappa shape index (κ3) is 3.30. The second kappa shape index (κ2) is 6.55. The predicted molar refractivity (Wildman–Crippen MR) is 89.1 cm³/mol. The van der Waals surface area contributed by atoms with Gasteiger partial charge in [0.25, 0.3) is 5.91 Å².